The summed E-state index contributed by atoms with van der Waals surface area (Å²) in [5.74, 6) is 0.815. The van der Waals surface area contributed by atoms with Crippen molar-refractivity contribution in [3.8, 4) is 0 Å². The molecule has 1 aromatic carbocycles. The highest BCUT2D eigenvalue weighted by molar-refractivity contribution is 6.21. The summed E-state index contributed by atoms with van der Waals surface area (Å²) in [6, 6.07) is 7.16. The van der Waals surface area contributed by atoms with Crippen molar-refractivity contribution >= 4 is 29.3 Å². The van der Waals surface area contributed by atoms with Gasteiger partial charge in [-0.05, 0) is 38.5 Å². The van der Waals surface area contributed by atoms with Crippen LogP contribution in [0.25, 0.3) is 0 Å². The first-order chi connectivity index (χ1) is 13.0. The number of rotatable bonds is 7. The summed E-state index contributed by atoms with van der Waals surface area (Å²) >= 11 is 0. The van der Waals surface area contributed by atoms with Crippen LogP contribution in [0.15, 0.2) is 24.3 Å². The largest absolute Gasteiger partial charge is 0.357 e. The fourth-order valence-electron chi connectivity index (χ4n) is 3.20. The first kappa shape index (κ1) is 18.8. The number of fused-ring (bicyclic) bond motifs is 1. The number of hydrogen-bond acceptors (Lipinski definition) is 6. The lowest BCUT2D eigenvalue weighted by Crippen LogP contribution is -2.24. The molecule has 0 bridgehead atoms. The number of benzene rings is 1. The molecule has 7 nitrogen and oxygen atoms in total. The molecule has 1 aliphatic rings. The summed E-state index contributed by atoms with van der Waals surface area (Å²) in [4.78, 5) is 36.8. The number of nitrogens with one attached hydrogen (secondary N) is 1. The molecule has 2 aromatic rings. The molecule has 7 heteroatoms. The van der Waals surface area contributed by atoms with E-state index in [1.165, 1.54) is 7.05 Å². The molecule has 0 spiro atoms. The number of carbonyl (C=O) groups excluding carboxylic acids is 2. The number of amides is 2. The minimum atomic E-state index is -0.289. The third-order valence-corrected chi connectivity index (χ3v) is 4.71. The van der Waals surface area contributed by atoms with Crippen LogP contribution in [0, 0.1) is 0 Å². The van der Waals surface area contributed by atoms with E-state index in [0.29, 0.717) is 22.8 Å². The lowest BCUT2D eigenvalue weighted by molar-refractivity contribution is 0.0693. The Hall–Kier alpha value is -2.96. The van der Waals surface area contributed by atoms with Crippen LogP contribution in [0.1, 0.15) is 53.6 Å². The Kier molecular flexibility index (Phi) is 5.39. The maximum absolute atomic E-state index is 12.2. The zero-order chi connectivity index (χ0) is 19.6. The van der Waals surface area contributed by atoms with Crippen LogP contribution in [0.5, 0.6) is 0 Å². The Morgan fingerprint density at radius 1 is 1.00 bits per heavy atom. The van der Waals surface area contributed by atoms with E-state index in [9.17, 15) is 9.59 Å². The van der Waals surface area contributed by atoms with Gasteiger partial charge >= 0.3 is 0 Å². The van der Waals surface area contributed by atoms with E-state index in [2.05, 4.69) is 41.0 Å². The minimum Gasteiger partial charge on any atom is -0.357 e. The lowest BCUT2D eigenvalue weighted by Gasteiger charge is -2.21. The smallest absolute Gasteiger partial charge is 0.261 e. The molecule has 27 heavy (non-hydrogen) atoms. The molecule has 1 N–H and O–H groups in total. The third kappa shape index (κ3) is 3.63. The molecule has 1 aliphatic heterocycles. The number of carbonyl (C=O) groups is 2. The maximum Gasteiger partial charge on any atom is 0.261 e. The number of aryl methyl sites for hydroxylation is 1. The third-order valence-electron chi connectivity index (χ3n) is 4.71. The van der Waals surface area contributed by atoms with Gasteiger partial charge in [0, 0.05) is 37.6 Å². The fraction of sp³-hybridized carbons (Fsp3) is 0.400. The van der Waals surface area contributed by atoms with Crippen molar-refractivity contribution in [3.63, 3.8) is 0 Å². The monoisotopic (exact) mass is 367 g/mol. The van der Waals surface area contributed by atoms with Gasteiger partial charge in [-0.2, -0.15) is 4.98 Å². The van der Waals surface area contributed by atoms with Crippen LogP contribution in [0.2, 0.25) is 0 Å². The lowest BCUT2D eigenvalue weighted by atomic mass is 10.1. The second-order valence-corrected chi connectivity index (χ2v) is 6.52. The maximum atomic E-state index is 12.2. The van der Waals surface area contributed by atoms with Crippen molar-refractivity contribution in [2.45, 2.75) is 33.6 Å². The summed E-state index contributed by atoms with van der Waals surface area (Å²) in [6.45, 7) is 8.03. The average Bonchev–Trinajstić information content (AvgIpc) is 2.87. The van der Waals surface area contributed by atoms with Gasteiger partial charge in [-0.25, -0.2) is 4.98 Å². The predicted molar refractivity (Wildman–Crippen MR) is 106 cm³/mol. The Morgan fingerprint density at radius 2 is 1.70 bits per heavy atom. The molecule has 0 saturated carbocycles. The molecule has 0 unspecified atom stereocenters. The molecule has 2 heterocycles. The minimum absolute atomic E-state index is 0.272. The van der Waals surface area contributed by atoms with Gasteiger partial charge in [0.1, 0.15) is 5.82 Å². The number of imide groups is 1. The van der Waals surface area contributed by atoms with E-state index in [1.54, 1.807) is 18.2 Å². The van der Waals surface area contributed by atoms with Gasteiger partial charge in [-0.1, -0.05) is 13.3 Å². The summed E-state index contributed by atoms with van der Waals surface area (Å²) in [5, 5.41) is 3.20. The van der Waals surface area contributed by atoms with Crippen molar-refractivity contribution in [2.75, 3.05) is 30.4 Å². The molecule has 2 amide bonds. The quantitative estimate of drug-likeness (QED) is 0.757. The predicted octanol–water partition coefficient (Wildman–Crippen LogP) is 3.24. The van der Waals surface area contributed by atoms with Crippen LogP contribution in [0.3, 0.4) is 0 Å². The Labute approximate surface area is 159 Å². The van der Waals surface area contributed by atoms with Crippen molar-refractivity contribution < 1.29 is 9.59 Å². The van der Waals surface area contributed by atoms with E-state index >= 15 is 0 Å². The van der Waals surface area contributed by atoms with Crippen molar-refractivity contribution in [1.82, 2.24) is 14.9 Å². The molecule has 0 fully saturated rings. The van der Waals surface area contributed by atoms with Crippen molar-refractivity contribution in [2.24, 2.45) is 0 Å². The molecule has 0 radical (unpaired) electrons. The molecule has 1 aromatic heterocycles. The van der Waals surface area contributed by atoms with Crippen LogP contribution >= 0.6 is 0 Å². The van der Waals surface area contributed by atoms with E-state index in [1.807, 2.05) is 6.07 Å². The van der Waals surface area contributed by atoms with E-state index in [4.69, 9.17) is 0 Å². The molecular formula is C20H25N5O2. The molecule has 3 rings (SSSR count). The van der Waals surface area contributed by atoms with Crippen molar-refractivity contribution in [1.29, 1.82) is 0 Å². The van der Waals surface area contributed by atoms with Crippen LogP contribution in [-0.2, 0) is 6.42 Å². The van der Waals surface area contributed by atoms with Crippen LogP contribution < -0.4 is 10.2 Å². The second kappa shape index (κ2) is 7.73. The van der Waals surface area contributed by atoms with Gasteiger partial charge < -0.3 is 10.2 Å². The molecule has 142 valence electrons. The van der Waals surface area contributed by atoms with Crippen molar-refractivity contribution in [3.05, 3.63) is 41.1 Å². The van der Waals surface area contributed by atoms with E-state index in [0.717, 1.165) is 42.3 Å². The SMILES string of the molecule is CCCc1cc(N(CC)CC)nc(Nc2ccc3c(c2)C(=O)N(C)C3=O)n1. The van der Waals surface area contributed by atoms with Gasteiger partial charge in [0.25, 0.3) is 11.8 Å². The summed E-state index contributed by atoms with van der Waals surface area (Å²) in [6.07, 6.45) is 1.86. The Bertz CT molecular complexity index is 877. The highest BCUT2D eigenvalue weighted by atomic mass is 16.2. The number of hydrogen-bond donors (Lipinski definition) is 1. The zero-order valence-corrected chi connectivity index (χ0v) is 16.2. The highest BCUT2D eigenvalue weighted by Crippen LogP contribution is 2.26. The van der Waals surface area contributed by atoms with Gasteiger partial charge in [0.2, 0.25) is 5.95 Å². The molecular weight excluding hydrogens is 342 g/mol. The standard InChI is InChI=1S/C20H25N5O2/c1-5-8-13-12-17(25(6-2)7-3)23-20(21-13)22-14-9-10-15-16(11-14)19(27)24(4)18(15)26/h9-12H,5-8H2,1-4H3,(H,21,22,23). The normalized spacial score (nSPS) is 13.1. The topological polar surface area (TPSA) is 78.4 Å². The fourth-order valence-corrected chi connectivity index (χ4v) is 3.20. The first-order valence-electron chi connectivity index (χ1n) is 9.34. The van der Waals surface area contributed by atoms with Crippen LogP contribution in [0.4, 0.5) is 17.5 Å². The van der Waals surface area contributed by atoms with Crippen LogP contribution in [-0.4, -0.2) is 46.8 Å². The summed E-state index contributed by atoms with van der Waals surface area (Å²) in [7, 11) is 1.49. The van der Waals surface area contributed by atoms with Gasteiger partial charge in [-0.3, -0.25) is 14.5 Å². The van der Waals surface area contributed by atoms with Gasteiger partial charge in [-0.15, -0.1) is 0 Å². The highest BCUT2D eigenvalue weighted by Gasteiger charge is 2.32. The summed E-state index contributed by atoms with van der Waals surface area (Å²) < 4.78 is 0. The Balaban J connectivity index is 1.94. The summed E-state index contributed by atoms with van der Waals surface area (Å²) in [5.41, 5.74) is 2.49. The average molecular weight is 367 g/mol. The number of aromatic nitrogens is 2. The number of anilines is 3. The van der Waals surface area contributed by atoms with E-state index in [-0.39, 0.29) is 11.8 Å². The molecule has 0 aliphatic carbocycles. The van der Waals surface area contributed by atoms with Gasteiger partial charge in [0.05, 0.1) is 11.1 Å². The number of nitrogens with zero attached hydrogens (tertiary/aromatic N) is 4. The van der Waals surface area contributed by atoms with Gasteiger partial charge in [0.15, 0.2) is 0 Å². The zero-order valence-electron chi connectivity index (χ0n) is 16.2. The Morgan fingerprint density at radius 3 is 2.37 bits per heavy atom. The first-order valence-corrected chi connectivity index (χ1v) is 9.34. The molecule has 0 saturated heterocycles. The molecule has 0 atom stereocenters. The second-order valence-electron chi connectivity index (χ2n) is 6.52. The van der Waals surface area contributed by atoms with E-state index < -0.39 is 0 Å².